The fraction of sp³-hybridized carbons (Fsp3) is 0.207. The van der Waals surface area contributed by atoms with Gasteiger partial charge >= 0.3 is 6.18 Å². The zero-order valence-corrected chi connectivity index (χ0v) is 22.7. The van der Waals surface area contributed by atoms with Crippen LogP contribution in [0.3, 0.4) is 0 Å². The van der Waals surface area contributed by atoms with E-state index >= 15 is 0 Å². The normalized spacial score (nSPS) is 11.4. The lowest BCUT2D eigenvalue weighted by molar-refractivity contribution is -0.140. The fourth-order valence-electron chi connectivity index (χ4n) is 4.26. The van der Waals surface area contributed by atoms with Gasteiger partial charge in [0.1, 0.15) is 36.0 Å². The van der Waals surface area contributed by atoms with Gasteiger partial charge in [0.2, 0.25) is 0 Å². The summed E-state index contributed by atoms with van der Waals surface area (Å²) in [5.41, 5.74) is 0.175. The molecule has 3 aromatic carbocycles. The molecule has 0 saturated carbocycles. The average Bonchev–Trinajstić information content (AvgIpc) is 3.41. The molecule has 0 aliphatic heterocycles. The Balaban J connectivity index is 1.49. The zero-order chi connectivity index (χ0) is 29.9. The maximum atomic E-state index is 14.6. The number of hydrogen-bond donors (Lipinski definition) is 1. The van der Waals surface area contributed by atoms with E-state index in [9.17, 15) is 17.6 Å². The van der Waals surface area contributed by atoms with Gasteiger partial charge in [-0.2, -0.15) is 18.3 Å². The lowest BCUT2D eigenvalue weighted by atomic mass is 10.2. The molecule has 0 fully saturated rings. The lowest BCUT2D eigenvalue weighted by Gasteiger charge is -2.12. The predicted octanol–water partition coefficient (Wildman–Crippen LogP) is 6.19. The van der Waals surface area contributed by atoms with Gasteiger partial charge < -0.3 is 24.3 Å². The van der Waals surface area contributed by atoms with Crippen LogP contribution >= 0.6 is 0 Å². The maximum absolute atomic E-state index is 14.6. The first-order valence-corrected chi connectivity index (χ1v) is 12.5. The van der Waals surface area contributed by atoms with E-state index in [1.807, 2.05) is 0 Å². The molecule has 0 spiro atoms. The average molecular weight is 584 g/mol. The Morgan fingerprint density at radius 3 is 2.26 bits per heavy atom. The van der Waals surface area contributed by atoms with E-state index < -0.39 is 17.7 Å². The van der Waals surface area contributed by atoms with Crippen LogP contribution in [0, 0.1) is 5.82 Å². The van der Waals surface area contributed by atoms with Crippen LogP contribution in [-0.2, 0) is 19.3 Å². The van der Waals surface area contributed by atoms with E-state index in [1.54, 1.807) is 42.5 Å². The second-order valence-electron chi connectivity index (χ2n) is 8.96. The third kappa shape index (κ3) is 5.85. The SMILES string of the molecule is COc1ccc(COc2cc(-n3nc(C(F)(F)F)c4c(NCc5ccc(OC)cc5OC)ncnc43)ccc2F)cc1. The van der Waals surface area contributed by atoms with Gasteiger partial charge in [-0.1, -0.05) is 12.1 Å². The Morgan fingerprint density at radius 1 is 0.833 bits per heavy atom. The Labute approximate surface area is 237 Å². The van der Waals surface area contributed by atoms with Crippen LogP contribution in [0.25, 0.3) is 16.7 Å². The molecule has 0 unspecified atom stereocenters. The molecule has 218 valence electrons. The largest absolute Gasteiger partial charge is 0.497 e. The number of methoxy groups -OCH3 is 3. The minimum atomic E-state index is -4.84. The highest BCUT2D eigenvalue weighted by Crippen LogP contribution is 2.38. The summed E-state index contributed by atoms with van der Waals surface area (Å²) in [4.78, 5) is 8.15. The summed E-state index contributed by atoms with van der Waals surface area (Å²) in [5.74, 6) is 0.746. The molecule has 0 saturated heterocycles. The predicted molar refractivity (Wildman–Crippen MR) is 146 cm³/mol. The third-order valence-electron chi connectivity index (χ3n) is 6.39. The molecule has 2 aromatic heterocycles. The number of rotatable bonds is 10. The summed E-state index contributed by atoms with van der Waals surface area (Å²) in [6.07, 6.45) is -3.71. The van der Waals surface area contributed by atoms with E-state index in [2.05, 4.69) is 20.4 Å². The molecule has 9 nitrogen and oxygen atoms in total. The highest BCUT2D eigenvalue weighted by atomic mass is 19.4. The monoisotopic (exact) mass is 583 g/mol. The summed E-state index contributed by atoms with van der Waals surface area (Å²) >= 11 is 0. The van der Waals surface area contributed by atoms with E-state index in [-0.39, 0.29) is 41.4 Å². The molecule has 0 bridgehead atoms. The van der Waals surface area contributed by atoms with Crippen LogP contribution in [0.4, 0.5) is 23.4 Å². The van der Waals surface area contributed by atoms with Crippen LogP contribution in [0.15, 0.2) is 67.0 Å². The second-order valence-corrected chi connectivity index (χ2v) is 8.96. The van der Waals surface area contributed by atoms with E-state index in [0.717, 1.165) is 22.6 Å². The van der Waals surface area contributed by atoms with Gasteiger partial charge in [0, 0.05) is 24.2 Å². The number of alkyl halides is 3. The van der Waals surface area contributed by atoms with Gasteiger partial charge in [-0.3, -0.25) is 0 Å². The summed E-state index contributed by atoms with van der Waals surface area (Å²) < 4.78 is 79.6. The van der Waals surface area contributed by atoms with Crippen LogP contribution in [0.1, 0.15) is 16.8 Å². The molecule has 5 aromatic rings. The molecule has 13 heteroatoms. The Kier molecular flexibility index (Phi) is 8.00. The first-order valence-electron chi connectivity index (χ1n) is 12.5. The van der Waals surface area contributed by atoms with Crippen molar-refractivity contribution in [3.05, 3.63) is 89.6 Å². The zero-order valence-electron chi connectivity index (χ0n) is 22.7. The highest BCUT2D eigenvalue weighted by Gasteiger charge is 2.39. The van der Waals surface area contributed by atoms with Crippen molar-refractivity contribution >= 4 is 16.9 Å². The molecule has 0 aliphatic carbocycles. The van der Waals surface area contributed by atoms with Crippen molar-refractivity contribution in [2.24, 2.45) is 0 Å². The number of halogens is 4. The van der Waals surface area contributed by atoms with Gasteiger partial charge in [0.25, 0.3) is 0 Å². The molecule has 0 atom stereocenters. The topological polar surface area (TPSA) is 92.6 Å². The van der Waals surface area contributed by atoms with Crippen molar-refractivity contribution in [3.8, 4) is 28.7 Å². The molecule has 0 radical (unpaired) electrons. The first-order chi connectivity index (χ1) is 20.2. The van der Waals surface area contributed by atoms with E-state index in [0.29, 0.717) is 22.8 Å². The minimum absolute atomic E-state index is 0.0169. The molecule has 0 aliphatic rings. The van der Waals surface area contributed by atoms with Gasteiger partial charge in [-0.05, 0) is 42.0 Å². The number of nitrogens with one attached hydrogen (secondary N) is 1. The van der Waals surface area contributed by atoms with Gasteiger partial charge in [0.15, 0.2) is 22.9 Å². The summed E-state index contributed by atoms with van der Waals surface area (Å²) in [7, 11) is 4.53. The Morgan fingerprint density at radius 2 is 1.57 bits per heavy atom. The van der Waals surface area contributed by atoms with Crippen LogP contribution < -0.4 is 24.3 Å². The third-order valence-corrected chi connectivity index (χ3v) is 6.39. The summed E-state index contributed by atoms with van der Waals surface area (Å²) in [6, 6.07) is 15.7. The van der Waals surface area contributed by atoms with Gasteiger partial charge in [-0.25, -0.2) is 19.0 Å². The molecule has 5 rings (SSSR count). The number of ether oxygens (including phenoxy) is 4. The smallest absolute Gasteiger partial charge is 0.436 e. The fourth-order valence-corrected chi connectivity index (χ4v) is 4.26. The van der Waals surface area contributed by atoms with Crippen LogP contribution in [-0.4, -0.2) is 41.1 Å². The number of fused-ring (bicyclic) bond motifs is 1. The van der Waals surface area contributed by atoms with Crippen molar-refractivity contribution < 1.29 is 36.5 Å². The summed E-state index contributed by atoms with van der Waals surface area (Å²) in [6.45, 7) is 0.102. The number of aromatic nitrogens is 4. The van der Waals surface area contributed by atoms with Gasteiger partial charge in [0.05, 0.1) is 32.4 Å². The molecule has 0 amide bonds. The van der Waals surface area contributed by atoms with E-state index in [4.69, 9.17) is 18.9 Å². The summed E-state index contributed by atoms with van der Waals surface area (Å²) in [5, 5.41) is 6.42. The molecule has 42 heavy (non-hydrogen) atoms. The van der Waals surface area contributed by atoms with Crippen LogP contribution in [0.5, 0.6) is 23.0 Å². The van der Waals surface area contributed by atoms with Gasteiger partial charge in [-0.15, -0.1) is 0 Å². The molecule has 2 heterocycles. The number of hydrogen-bond acceptors (Lipinski definition) is 8. The number of nitrogens with zero attached hydrogens (tertiary/aromatic N) is 4. The standard InChI is InChI=1S/C29H25F4N5O4/c1-39-20-8-4-17(5-9-20)15-42-24-12-19(7-11-22(24)30)38-28-25(26(37-38)29(31,32)33)27(35-16-36-28)34-14-18-6-10-21(40-2)13-23(18)41-3/h4-13,16H,14-15H2,1-3H3,(H,34,35,36). The van der Waals surface area contributed by atoms with Crippen LogP contribution in [0.2, 0.25) is 0 Å². The van der Waals surface area contributed by atoms with Crippen molar-refractivity contribution in [1.82, 2.24) is 19.7 Å². The number of benzene rings is 3. The van der Waals surface area contributed by atoms with Crippen molar-refractivity contribution in [1.29, 1.82) is 0 Å². The lowest BCUT2D eigenvalue weighted by Crippen LogP contribution is -2.09. The maximum Gasteiger partial charge on any atom is 0.436 e. The quantitative estimate of drug-likeness (QED) is 0.195. The van der Waals surface area contributed by atoms with E-state index in [1.165, 1.54) is 33.5 Å². The highest BCUT2D eigenvalue weighted by molar-refractivity contribution is 5.90. The number of anilines is 1. The minimum Gasteiger partial charge on any atom is -0.497 e. The Hall–Kier alpha value is -5.07. The van der Waals surface area contributed by atoms with Crippen molar-refractivity contribution in [2.45, 2.75) is 19.3 Å². The first kappa shape index (κ1) is 28.5. The second kappa shape index (κ2) is 11.8. The van der Waals surface area contributed by atoms with Crippen molar-refractivity contribution in [3.63, 3.8) is 0 Å². The molecular weight excluding hydrogens is 558 g/mol. The van der Waals surface area contributed by atoms with Crippen molar-refractivity contribution in [2.75, 3.05) is 26.6 Å². The molecular formula is C29H25F4N5O4. The Bertz CT molecular complexity index is 1710. The molecule has 1 N–H and O–H groups in total.